The van der Waals surface area contributed by atoms with Crippen molar-refractivity contribution in [3.05, 3.63) is 17.7 Å². The Labute approximate surface area is 132 Å². The van der Waals surface area contributed by atoms with Crippen LogP contribution < -0.4 is 9.62 Å². The zero-order valence-corrected chi connectivity index (χ0v) is 13.9. The fraction of sp³-hybridized carbons (Fsp3) is 0.583. The van der Waals surface area contributed by atoms with Crippen LogP contribution in [0.2, 0.25) is 0 Å². The number of piperidine rings is 1. The lowest BCUT2D eigenvalue weighted by atomic mass is 10.1. The van der Waals surface area contributed by atoms with Crippen LogP contribution in [0.1, 0.15) is 24.3 Å². The van der Waals surface area contributed by atoms with Gasteiger partial charge in [-0.1, -0.05) is 5.16 Å². The lowest BCUT2D eigenvalue weighted by Crippen LogP contribution is -2.44. The number of hydrogen-bond acceptors (Lipinski definition) is 8. The van der Waals surface area contributed by atoms with Crippen LogP contribution in [0.5, 0.6) is 0 Å². The van der Waals surface area contributed by atoms with E-state index in [0.29, 0.717) is 11.5 Å². The molecule has 2 aromatic heterocycles. The lowest BCUT2D eigenvalue weighted by Gasteiger charge is -2.31. The van der Waals surface area contributed by atoms with Crippen molar-refractivity contribution >= 4 is 27.6 Å². The van der Waals surface area contributed by atoms with Crippen LogP contribution >= 0.6 is 11.7 Å². The van der Waals surface area contributed by atoms with E-state index in [4.69, 9.17) is 4.52 Å². The summed E-state index contributed by atoms with van der Waals surface area (Å²) in [6.07, 6.45) is 3.18. The molecule has 3 heterocycles. The lowest BCUT2D eigenvalue weighted by molar-refractivity contribution is 0.390. The highest BCUT2D eigenvalue weighted by atomic mass is 32.2. The van der Waals surface area contributed by atoms with E-state index in [1.807, 2.05) is 0 Å². The molecule has 8 nitrogen and oxygen atoms in total. The Morgan fingerprint density at radius 1 is 1.36 bits per heavy atom. The summed E-state index contributed by atoms with van der Waals surface area (Å²) >= 11 is 1.17. The third kappa shape index (κ3) is 2.99. The first kappa shape index (κ1) is 15.4. The molecule has 1 N–H and O–H groups in total. The van der Waals surface area contributed by atoms with Crippen molar-refractivity contribution in [2.45, 2.75) is 37.6 Å². The van der Waals surface area contributed by atoms with Gasteiger partial charge >= 0.3 is 0 Å². The Bertz CT molecular complexity index is 713. The van der Waals surface area contributed by atoms with Crippen molar-refractivity contribution in [2.75, 3.05) is 18.0 Å². The van der Waals surface area contributed by atoms with Gasteiger partial charge in [-0.3, -0.25) is 0 Å². The smallest absolute Gasteiger partial charge is 0.246 e. The minimum Gasteiger partial charge on any atom is -0.360 e. The van der Waals surface area contributed by atoms with Crippen LogP contribution in [0, 0.1) is 13.8 Å². The number of sulfonamides is 1. The summed E-state index contributed by atoms with van der Waals surface area (Å²) in [5, 5.41) is 3.70. The van der Waals surface area contributed by atoms with E-state index >= 15 is 0 Å². The maximum absolute atomic E-state index is 12.5. The Morgan fingerprint density at radius 3 is 2.64 bits per heavy atom. The van der Waals surface area contributed by atoms with Gasteiger partial charge in [-0.15, -0.1) is 0 Å². The molecular weight excluding hydrogens is 326 g/mol. The average molecular weight is 343 g/mol. The SMILES string of the molecule is Cc1noc(C)c1S(=O)(=O)NC1CCN(c2cnsn2)CC1. The van der Waals surface area contributed by atoms with Gasteiger partial charge in [-0.25, -0.2) is 13.1 Å². The molecule has 10 heteroatoms. The van der Waals surface area contributed by atoms with E-state index in [9.17, 15) is 8.42 Å². The van der Waals surface area contributed by atoms with Gasteiger partial charge in [0.15, 0.2) is 11.6 Å². The molecule has 0 aromatic carbocycles. The molecule has 0 bridgehead atoms. The van der Waals surface area contributed by atoms with Crippen LogP contribution in [-0.2, 0) is 10.0 Å². The van der Waals surface area contributed by atoms with Gasteiger partial charge in [0.05, 0.1) is 17.9 Å². The maximum Gasteiger partial charge on any atom is 0.246 e. The van der Waals surface area contributed by atoms with Crippen molar-refractivity contribution in [1.29, 1.82) is 0 Å². The standard InChI is InChI=1S/C12H17N5O3S2/c1-8-12(9(2)20-14-8)22(18,19)16-10-3-5-17(6-4-10)11-7-13-21-15-11/h7,10,16H,3-6H2,1-2H3. The number of nitrogens with zero attached hydrogens (tertiary/aromatic N) is 4. The molecule has 22 heavy (non-hydrogen) atoms. The Hall–Kier alpha value is -1.52. The van der Waals surface area contributed by atoms with Crippen molar-refractivity contribution in [3.63, 3.8) is 0 Å². The summed E-state index contributed by atoms with van der Waals surface area (Å²) in [6.45, 7) is 4.73. The highest BCUT2D eigenvalue weighted by molar-refractivity contribution is 7.89. The minimum absolute atomic E-state index is 0.0958. The van der Waals surface area contributed by atoms with Crippen LogP contribution in [0.25, 0.3) is 0 Å². The van der Waals surface area contributed by atoms with Crippen molar-refractivity contribution in [1.82, 2.24) is 18.6 Å². The highest BCUT2D eigenvalue weighted by Crippen LogP contribution is 2.22. The quantitative estimate of drug-likeness (QED) is 0.886. The predicted octanol–water partition coefficient (Wildman–Crippen LogP) is 1.09. The van der Waals surface area contributed by atoms with Gasteiger partial charge in [-0.2, -0.15) is 8.75 Å². The second kappa shape index (κ2) is 5.94. The molecule has 3 rings (SSSR count). The zero-order chi connectivity index (χ0) is 15.7. The second-order valence-corrected chi connectivity index (χ2v) is 7.51. The van der Waals surface area contributed by atoms with E-state index in [2.05, 4.69) is 23.5 Å². The van der Waals surface area contributed by atoms with Crippen molar-refractivity contribution < 1.29 is 12.9 Å². The number of rotatable bonds is 4. The maximum atomic E-state index is 12.5. The normalized spacial score (nSPS) is 17.1. The van der Waals surface area contributed by atoms with Crippen LogP contribution in [-0.4, -0.2) is 41.5 Å². The van der Waals surface area contributed by atoms with Crippen LogP contribution in [0.3, 0.4) is 0 Å². The third-order valence-corrected chi connectivity index (χ3v) is 5.96. The molecule has 1 aliphatic rings. The van der Waals surface area contributed by atoms with E-state index in [0.717, 1.165) is 31.7 Å². The summed E-state index contributed by atoms with van der Waals surface area (Å²) in [7, 11) is -3.60. The summed E-state index contributed by atoms with van der Waals surface area (Å²) in [4.78, 5) is 2.27. The molecule has 1 fully saturated rings. The van der Waals surface area contributed by atoms with Crippen molar-refractivity contribution in [3.8, 4) is 0 Å². The topological polar surface area (TPSA) is 101 Å². The zero-order valence-electron chi connectivity index (χ0n) is 12.3. The number of hydrogen-bond donors (Lipinski definition) is 1. The van der Waals surface area contributed by atoms with E-state index < -0.39 is 10.0 Å². The van der Waals surface area contributed by atoms with E-state index in [1.54, 1.807) is 20.0 Å². The minimum atomic E-state index is -3.60. The summed E-state index contributed by atoms with van der Waals surface area (Å²) in [5.41, 5.74) is 0.385. The molecule has 120 valence electrons. The Balaban J connectivity index is 1.65. The summed E-state index contributed by atoms with van der Waals surface area (Å²) in [5.74, 6) is 1.17. The number of nitrogens with one attached hydrogen (secondary N) is 1. The predicted molar refractivity (Wildman–Crippen MR) is 81.4 cm³/mol. The average Bonchev–Trinajstić information content (AvgIpc) is 3.09. The number of anilines is 1. The molecule has 0 amide bonds. The first-order valence-corrected chi connectivity index (χ1v) is 9.16. The Morgan fingerprint density at radius 2 is 2.09 bits per heavy atom. The summed E-state index contributed by atoms with van der Waals surface area (Å²) < 4.78 is 40.8. The fourth-order valence-electron chi connectivity index (χ4n) is 2.66. The highest BCUT2D eigenvalue weighted by Gasteiger charge is 2.29. The third-order valence-electron chi connectivity index (χ3n) is 3.73. The molecule has 0 spiro atoms. The molecular formula is C12H17N5O3S2. The van der Waals surface area contributed by atoms with Gasteiger partial charge in [-0.05, 0) is 26.7 Å². The summed E-state index contributed by atoms with van der Waals surface area (Å²) in [6, 6.07) is -0.0958. The fourth-order valence-corrected chi connectivity index (χ4v) is 4.73. The van der Waals surface area contributed by atoms with E-state index in [1.165, 1.54) is 11.7 Å². The van der Waals surface area contributed by atoms with Crippen LogP contribution in [0.4, 0.5) is 5.82 Å². The van der Waals surface area contributed by atoms with Crippen LogP contribution in [0.15, 0.2) is 15.6 Å². The van der Waals surface area contributed by atoms with Gasteiger partial charge < -0.3 is 9.42 Å². The largest absolute Gasteiger partial charge is 0.360 e. The molecule has 0 atom stereocenters. The van der Waals surface area contributed by atoms with Crippen molar-refractivity contribution in [2.24, 2.45) is 0 Å². The number of aryl methyl sites for hydroxylation is 2. The molecule has 2 aromatic rings. The monoisotopic (exact) mass is 343 g/mol. The van der Waals surface area contributed by atoms with Gasteiger partial charge in [0.25, 0.3) is 0 Å². The first-order chi connectivity index (χ1) is 10.5. The molecule has 0 aliphatic carbocycles. The number of aromatic nitrogens is 3. The van der Waals surface area contributed by atoms with Gasteiger partial charge in [0.2, 0.25) is 10.0 Å². The van der Waals surface area contributed by atoms with Gasteiger partial charge in [0.1, 0.15) is 10.6 Å². The molecule has 0 radical (unpaired) electrons. The second-order valence-electron chi connectivity index (χ2n) is 5.30. The Kier molecular flexibility index (Phi) is 4.15. The molecule has 0 saturated carbocycles. The van der Waals surface area contributed by atoms with E-state index in [-0.39, 0.29) is 10.9 Å². The first-order valence-electron chi connectivity index (χ1n) is 6.95. The van der Waals surface area contributed by atoms with Gasteiger partial charge in [0, 0.05) is 19.1 Å². The molecule has 0 unspecified atom stereocenters. The molecule has 1 aliphatic heterocycles. The molecule has 1 saturated heterocycles.